The molecule has 0 atom stereocenters. The summed E-state index contributed by atoms with van der Waals surface area (Å²) < 4.78 is 0. The summed E-state index contributed by atoms with van der Waals surface area (Å²) in [7, 11) is 1.79. The highest BCUT2D eigenvalue weighted by molar-refractivity contribution is 5.85. The molecule has 0 aromatic carbocycles. The highest BCUT2D eigenvalue weighted by Crippen LogP contribution is 2.36. The minimum atomic E-state index is -0.0915. The zero-order valence-electron chi connectivity index (χ0n) is 12.5. The highest BCUT2D eigenvalue weighted by Gasteiger charge is 2.44. The molecule has 0 aromatic rings. The summed E-state index contributed by atoms with van der Waals surface area (Å²) >= 11 is 0. The Kier molecular flexibility index (Phi) is 6.27. The smallest absolute Gasteiger partial charge is 0.236 e. The minimum Gasteiger partial charge on any atom is -0.337 e. The van der Waals surface area contributed by atoms with Crippen molar-refractivity contribution in [3.63, 3.8) is 0 Å². The van der Waals surface area contributed by atoms with Crippen molar-refractivity contribution in [1.82, 2.24) is 15.1 Å². The van der Waals surface area contributed by atoms with Crippen LogP contribution in [-0.2, 0) is 9.59 Å². The predicted octanol–water partition coefficient (Wildman–Crippen LogP) is 1.02. The van der Waals surface area contributed by atoms with E-state index in [0.29, 0.717) is 26.2 Å². The number of likely N-dealkylation sites (N-methyl/N-ethyl adjacent to an activating group) is 1. The first-order chi connectivity index (χ1) is 9.09. The summed E-state index contributed by atoms with van der Waals surface area (Å²) in [6.45, 7) is 4.11. The lowest BCUT2D eigenvalue weighted by molar-refractivity contribution is -0.149. The SMILES string of the molecule is CNCC(=O)N1CCN(C(C)=O)C2(CCCCC2)C1.Cl. The van der Waals surface area contributed by atoms with E-state index >= 15 is 0 Å². The zero-order valence-corrected chi connectivity index (χ0v) is 13.3. The number of piperazine rings is 1. The average molecular weight is 304 g/mol. The largest absolute Gasteiger partial charge is 0.337 e. The van der Waals surface area contributed by atoms with Crippen LogP contribution in [0.25, 0.3) is 0 Å². The van der Waals surface area contributed by atoms with Crippen molar-refractivity contribution in [2.45, 2.75) is 44.6 Å². The van der Waals surface area contributed by atoms with Crippen LogP contribution in [0.3, 0.4) is 0 Å². The number of hydrogen-bond donors (Lipinski definition) is 1. The van der Waals surface area contributed by atoms with Gasteiger partial charge in [-0.05, 0) is 19.9 Å². The van der Waals surface area contributed by atoms with Crippen LogP contribution in [0.5, 0.6) is 0 Å². The second-order valence-electron chi connectivity index (χ2n) is 5.80. The topological polar surface area (TPSA) is 52.7 Å². The van der Waals surface area contributed by atoms with Gasteiger partial charge in [0.05, 0.1) is 12.1 Å². The summed E-state index contributed by atoms with van der Waals surface area (Å²) in [4.78, 5) is 27.9. The molecule has 20 heavy (non-hydrogen) atoms. The van der Waals surface area contributed by atoms with Gasteiger partial charge in [0.1, 0.15) is 0 Å². The van der Waals surface area contributed by atoms with Gasteiger partial charge in [0.2, 0.25) is 11.8 Å². The Labute approximate surface area is 127 Å². The van der Waals surface area contributed by atoms with Gasteiger partial charge in [0.15, 0.2) is 0 Å². The molecule has 1 heterocycles. The van der Waals surface area contributed by atoms with Crippen molar-refractivity contribution in [1.29, 1.82) is 0 Å². The number of carbonyl (C=O) groups excluding carboxylic acids is 2. The molecule has 1 aliphatic carbocycles. The van der Waals surface area contributed by atoms with Gasteiger partial charge in [-0.2, -0.15) is 0 Å². The second kappa shape index (κ2) is 7.27. The fourth-order valence-corrected chi connectivity index (χ4v) is 3.58. The van der Waals surface area contributed by atoms with E-state index in [0.717, 1.165) is 25.7 Å². The Morgan fingerprint density at radius 3 is 2.35 bits per heavy atom. The molecule has 116 valence electrons. The summed E-state index contributed by atoms with van der Waals surface area (Å²) in [5.41, 5.74) is -0.0915. The Morgan fingerprint density at radius 1 is 1.15 bits per heavy atom. The third kappa shape index (κ3) is 3.44. The van der Waals surface area contributed by atoms with Crippen LogP contribution in [0.1, 0.15) is 39.0 Å². The van der Waals surface area contributed by atoms with E-state index in [1.165, 1.54) is 6.42 Å². The zero-order chi connectivity index (χ0) is 13.9. The Hall–Kier alpha value is -0.810. The minimum absolute atomic E-state index is 0. The summed E-state index contributed by atoms with van der Waals surface area (Å²) in [6.07, 6.45) is 5.65. The lowest BCUT2D eigenvalue weighted by Gasteiger charge is -2.52. The van der Waals surface area contributed by atoms with E-state index in [4.69, 9.17) is 0 Å². The molecule has 0 bridgehead atoms. The maximum absolute atomic E-state index is 12.1. The van der Waals surface area contributed by atoms with E-state index in [2.05, 4.69) is 5.32 Å². The Bertz CT molecular complexity index is 356. The molecule has 1 spiro atoms. The maximum Gasteiger partial charge on any atom is 0.236 e. The van der Waals surface area contributed by atoms with Crippen LogP contribution >= 0.6 is 12.4 Å². The van der Waals surface area contributed by atoms with Crippen LogP contribution in [0.15, 0.2) is 0 Å². The average Bonchev–Trinajstić information content (AvgIpc) is 2.39. The Balaban J connectivity index is 0.00000200. The normalized spacial score (nSPS) is 21.5. The van der Waals surface area contributed by atoms with Crippen molar-refractivity contribution in [2.75, 3.05) is 33.2 Å². The van der Waals surface area contributed by atoms with Crippen LogP contribution in [0.2, 0.25) is 0 Å². The number of carbonyl (C=O) groups is 2. The van der Waals surface area contributed by atoms with Crippen molar-refractivity contribution >= 4 is 24.2 Å². The quantitative estimate of drug-likeness (QED) is 0.829. The second-order valence-corrected chi connectivity index (χ2v) is 5.80. The van der Waals surface area contributed by atoms with E-state index in [-0.39, 0.29) is 29.8 Å². The molecule has 1 saturated heterocycles. The van der Waals surface area contributed by atoms with E-state index in [9.17, 15) is 9.59 Å². The van der Waals surface area contributed by atoms with Gasteiger partial charge in [-0.25, -0.2) is 0 Å². The molecule has 1 N–H and O–H groups in total. The summed E-state index contributed by atoms with van der Waals surface area (Å²) in [5.74, 6) is 0.304. The summed E-state index contributed by atoms with van der Waals surface area (Å²) in [5, 5.41) is 2.92. The van der Waals surface area contributed by atoms with Crippen LogP contribution in [0.4, 0.5) is 0 Å². The molecule has 5 nitrogen and oxygen atoms in total. The highest BCUT2D eigenvalue weighted by atomic mass is 35.5. The van der Waals surface area contributed by atoms with Gasteiger partial charge >= 0.3 is 0 Å². The molecule has 1 saturated carbocycles. The molecule has 2 aliphatic rings. The number of hydrogen-bond acceptors (Lipinski definition) is 3. The fourth-order valence-electron chi connectivity index (χ4n) is 3.58. The van der Waals surface area contributed by atoms with Crippen molar-refractivity contribution < 1.29 is 9.59 Å². The van der Waals surface area contributed by atoms with Gasteiger partial charge < -0.3 is 15.1 Å². The van der Waals surface area contributed by atoms with E-state index in [1.807, 2.05) is 9.80 Å². The number of amides is 2. The molecule has 2 rings (SSSR count). The first-order valence-electron chi connectivity index (χ1n) is 7.30. The lowest BCUT2D eigenvalue weighted by atomic mass is 9.78. The number of halogens is 1. The van der Waals surface area contributed by atoms with Gasteiger partial charge in [-0.3, -0.25) is 9.59 Å². The van der Waals surface area contributed by atoms with E-state index < -0.39 is 0 Å². The lowest BCUT2D eigenvalue weighted by Crippen LogP contribution is -2.65. The first kappa shape index (κ1) is 17.2. The van der Waals surface area contributed by atoms with Crippen molar-refractivity contribution in [3.8, 4) is 0 Å². The summed E-state index contributed by atoms with van der Waals surface area (Å²) in [6, 6.07) is 0. The fraction of sp³-hybridized carbons (Fsp3) is 0.857. The van der Waals surface area contributed by atoms with Crippen molar-refractivity contribution in [2.24, 2.45) is 0 Å². The van der Waals surface area contributed by atoms with Gasteiger partial charge in [0, 0.05) is 26.6 Å². The molecule has 0 radical (unpaired) electrons. The number of nitrogens with zero attached hydrogens (tertiary/aromatic N) is 2. The first-order valence-corrected chi connectivity index (χ1v) is 7.30. The molecule has 1 aliphatic heterocycles. The standard InChI is InChI=1S/C14H25N3O2.ClH/c1-12(18)17-9-8-16(13(19)10-15-2)11-14(17)6-4-3-5-7-14;/h15H,3-11H2,1-2H3;1H. The molecule has 2 fully saturated rings. The molecular weight excluding hydrogens is 278 g/mol. The third-order valence-electron chi connectivity index (χ3n) is 4.50. The molecule has 0 unspecified atom stereocenters. The van der Waals surface area contributed by atoms with Gasteiger partial charge in [-0.1, -0.05) is 19.3 Å². The molecule has 0 aromatic heterocycles. The Morgan fingerprint density at radius 2 is 1.80 bits per heavy atom. The molecule has 6 heteroatoms. The molecule has 2 amide bonds. The monoisotopic (exact) mass is 303 g/mol. The number of rotatable bonds is 2. The van der Waals surface area contributed by atoms with Gasteiger partial charge in [-0.15, -0.1) is 12.4 Å². The maximum atomic E-state index is 12.1. The van der Waals surface area contributed by atoms with Crippen LogP contribution < -0.4 is 5.32 Å². The van der Waals surface area contributed by atoms with Gasteiger partial charge in [0.25, 0.3) is 0 Å². The molecular formula is C14H26ClN3O2. The van der Waals surface area contributed by atoms with Crippen LogP contribution in [0, 0.1) is 0 Å². The van der Waals surface area contributed by atoms with Crippen molar-refractivity contribution in [3.05, 3.63) is 0 Å². The number of nitrogens with one attached hydrogen (secondary N) is 1. The third-order valence-corrected chi connectivity index (χ3v) is 4.50. The van der Waals surface area contributed by atoms with Crippen LogP contribution in [-0.4, -0.2) is 60.4 Å². The van der Waals surface area contributed by atoms with E-state index in [1.54, 1.807) is 14.0 Å². The predicted molar refractivity (Wildman–Crippen MR) is 81.0 cm³/mol.